The van der Waals surface area contributed by atoms with Gasteiger partial charge in [-0.15, -0.1) is 0 Å². The van der Waals surface area contributed by atoms with E-state index in [0.29, 0.717) is 11.3 Å². The molecule has 1 aliphatic rings. The number of piperidine rings is 1. The lowest BCUT2D eigenvalue weighted by molar-refractivity contribution is 0.177. The lowest BCUT2D eigenvalue weighted by atomic mass is 9.95. The first-order valence-electron chi connectivity index (χ1n) is 6.35. The van der Waals surface area contributed by atoms with Gasteiger partial charge in [-0.1, -0.05) is 12.5 Å². The van der Waals surface area contributed by atoms with E-state index in [1.807, 2.05) is 6.07 Å². The summed E-state index contributed by atoms with van der Waals surface area (Å²) >= 11 is 0. The summed E-state index contributed by atoms with van der Waals surface area (Å²) in [6.07, 6.45) is 3.46. The Morgan fingerprint density at radius 2 is 2.17 bits per heavy atom. The minimum atomic E-state index is -0.270. The normalized spacial score (nSPS) is 19.8. The third kappa shape index (κ3) is 2.65. The van der Waals surface area contributed by atoms with Gasteiger partial charge in [0.25, 0.3) is 0 Å². The lowest BCUT2D eigenvalue weighted by Crippen LogP contribution is -2.27. The summed E-state index contributed by atoms with van der Waals surface area (Å²) in [4.78, 5) is 0. The predicted octanol–water partition coefficient (Wildman–Crippen LogP) is 2.80. The van der Waals surface area contributed by atoms with Crippen molar-refractivity contribution in [3.63, 3.8) is 0 Å². The van der Waals surface area contributed by atoms with E-state index >= 15 is 0 Å². The summed E-state index contributed by atoms with van der Waals surface area (Å²) < 4.78 is 24.2. The highest BCUT2D eigenvalue weighted by Crippen LogP contribution is 2.34. The third-order valence-electron chi connectivity index (χ3n) is 3.41. The van der Waals surface area contributed by atoms with Crippen LogP contribution >= 0.6 is 0 Å². The van der Waals surface area contributed by atoms with Crippen molar-refractivity contribution >= 4 is 0 Å². The van der Waals surface area contributed by atoms with Gasteiger partial charge in [-0.2, -0.15) is 0 Å². The van der Waals surface area contributed by atoms with E-state index in [2.05, 4.69) is 5.32 Å². The van der Waals surface area contributed by atoms with Crippen LogP contribution in [0, 0.1) is 5.82 Å². The van der Waals surface area contributed by atoms with Crippen molar-refractivity contribution < 1.29 is 13.9 Å². The summed E-state index contributed by atoms with van der Waals surface area (Å²) in [5.41, 5.74) is 1.54. The standard InChI is InChI=1S/C14H20FNO2/c1-17-9-11-12(15)7-6-10(14(11)18-2)13-5-3-4-8-16-13/h6-7,13,16H,3-5,8-9H2,1-2H3. The number of benzene rings is 1. The van der Waals surface area contributed by atoms with Gasteiger partial charge in [0, 0.05) is 18.7 Å². The highest BCUT2D eigenvalue weighted by Gasteiger charge is 2.22. The van der Waals surface area contributed by atoms with Crippen LogP contribution in [0.15, 0.2) is 12.1 Å². The second kappa shape index (κ2) is 6.16. The number of ether oxygens (including phenoxy) is 2. The van der Waals surface area contributed by atoms with Crippen LogP contribution in [0.4, 0.5) is 4.39 Å². The van der Waals surface area contributed by atoms with Gasteiger partial charge < -0.3 is 14.8 Å². The fourth-order valence-corrected chi connectivity index (χ4v) is 2.53. The average Bonchev–Trinajstić information content (AvgIpc) is 2.42. The molecule has 4 heteroatoms. The molecule has 1 aromatic carbocycles. The van der Waals surface area contributed by atoms with Crippen LogP contribution in [0.1, 0.15) is 36.4 Å². The number of methoxy groups -OCH3 is 2. The van der Waals surface area contributed by atoms with E-state index in [9.17, 15) is 4.39 Å². The monoisotopic (exact) mass is 253 g/mol. The molecule has 1 N–H and O–H groups in total. The van der Waals surface area contributed by atoms with E-state index in [1.165, 1.54) is 18.9 Å². The Bertz CT molecular complexity index is 403. The Morgan fingerprint density at radius 1 is 1.33 bits per heavy atom. The highest BCUT2D eigenvalue weighted by atomic mass is 19.1. The molecule has 3 nitrogen and oxygen atoms in total. The van der Waals surface area contributed by atoms with Crippen LogP contribution in [-0.4, -0.2) is 20.8 Å². The lowest BCUT2D eigenvalue weighted by Gasteiger charge is -2.26. The second-order valence-corrected chi connectivity index (χ2v) is 4.58. The third-order valence-corrected chi connectivity index (χ3v) is 3.41. The molecule has 1 aromatic rings. The fourth-order valence-electron chi connectivity index (χ4n) is 2.53. The molecule has 1 unspecified atom stereocenters. The molecular formula is C14H20FNO2. The number of nitrogens with one attached hydrogen (secondary N) is 1. The van der Waals surface area contributed by atoms with Gasteiger partial charge in [-0.3, -0.25) is 0 Å². The molecule has 0 aliphatic carbocycles. The fraction of sp³-hybridized carbons (Fsp3) is 0.571. The molecule has 0 spiro atoms. The van der Waals surface area contributed by atoms with Crippen LogP contribution in [0.3, 0.4) is 0 Å². The molecule has 1 fully saturated rings. The average molecular weight is 253 g/mol. The van der Waals surface area contributed by atoms with Crippen molar-refractivity contribution in [2.24, 2.45) is 0 Å². The van der Waals surface area contributed by atoms with Crippen molar-refractivity contribution in [2.75, 3.05) is 20.8 Å². The SMILES string of the molecule is COCc1c(F)ccc(C2CCCCN2)c1OC. The second-order valence-electron chi connectivity index (χ2n) is 4.58. The molecule has 0 bridgehead atoms. The van der Waals surface area contributed by atoms with Gasteiger partial charge >= 0.3 is 0 Å². The molecule has 1 heterocycles. The van der Waals surface area contributed by atoms with Crippen LogP contribution < -0.4 is 10.1 Å². The van der Waals surface area contributed by atoms with Crippen molar-refractivity contribution in [3.05, 3.63) is 29.1 Å². The summed E-state index contributed by atoms with van der Waals surface area (Å²) in [5.74, 6) is 0.351. The summed E-state index contributed by atoms with van der Waals surface area (Å²) in [7, 11) is 3.14. The molecule has 0 saturated carbocycles. The maximum absolute atomic E-state index is 13.8. The number of hydrogen-bond donors (Lipinski definition) is 1. The van der Waals surface area contributed by atoms with Crippen LogP contribution in [0.25, 0.3) is 0 Å². The Kier molecular flexibility index (Phi) is 4.55. The summed E-state index contributed by atoms with van der Waals surface area (Å²) in [6.45, 7) is 1.24. The molecule has 0 radical (unpaired) electrons. The molecule has 1 aliphatic heterocycles. The molecule has 2 rings (SSSR count). The van der Waals surface area contributed by atoms with Crippen molar-refractivity contribution in [1.29, 1.82) is 0 Å². The molecular weight excluding hydrogens is 233 g/mol. The van der Waals surface area contributed by atoms with Gasteiger partial charge in [-0.25, -0.2) is 4.39 Å². The minimum Gasteiger partial charge on any atom is -0.496 e. The van der Waals surface area contributed by atoms with E-state index < -0.39 is 0 Å². The van der Waals surface area contributed by atoms with Crippen molar-refractivity contribution in [3.8, 4) is 5.75 Å². The number of halogens is 1. The minimum absolute atomic E-state index is 0.232. The molecule has 100 valence electrons. The first-order chi connectivity index (χ1) is 8.77. The zero-order chi connectivity index (χ0) is 13.0. The predicted molar refractivity (Wildman–Crippen MR) is 68.3 cm³/mol. The molecule has 0 aromatic heterocycles. The molecule has 18 heavy (non-hydrogen) atoms. The van der Waals surface area contributed by atoms with Gasteiger partial charge in [-0.05, 0) is 25.5 Å². The Balaban J connectivity index is 2.36. The van der Waals surface area contributed by atoms with E-state index in [1.54, 1.807) is 14.2 Å². The van der Waals surface area contributed by atoms with Gasteiger partial charge in [0.15, 0.2) is 0 Å². The number of rotatable bonds is 4. The summed E-state index contributed by atoms with van der Waals surface area (Å²) in [5, 5.41) is 3.46. The maximum Gasteiger partial charge on any atom is 0.132 e. The van der Waals surface area contributed by atoms with E-state index in [4.69, 9.17) is 9.47 Å². The molecule has 1 saturated heterocycles. The van der Waals surface area contributed by atoms with Crippen LogP contribution in [0.2, 0.25) is 0 Å². The highest BCUT2D eigenvalue weighted by molar-refractivity contribution is 5.44. The zero-order valence-electron chi connectivity index (χ0n) is 11.0. The maximum atomic E-state index is 13.8. The van der Waals surface area contributed by atoms with E-state index in [0.717, 1.165) is 18.5 Å². The summed E-state index contributed by atoms with van der Waals surface area (Å²) in [6, 6.07) is 3.57. The Labute approximate surface area is 107 Å². The quantitative estimate of drug-likeness (QED) is 0.895. The van der Waals surface area contributed by atoms with Gasteiger partial charge in [0.05, 0.1) is 19.3 Å². The smallest absolute Gasteiger partial charge is 0.132 e. The topological polar surface area (TPSA) is 30.5 Å². The zero-order valence-corrected chi connectivity index (χ0v) is 11.0. The largest absolute Gasteiger partial charge is 0.496 e. The van der Waals surface area contributed by atoms with Gasteiger partial charge in [0.1, 0.15) is 11.6 Å². The molecule has 0 amide bonds. The first-order valence-corrected chi connectivity index (χ1v) is 6.35. The van der Waals surface area contributed by atoms with Gasteiger partial charge in [0.2, 0.25) is 0 Å². The first kappa shape index (κ1) is 13.3. The Morgan fingerprint density at radius 3 is 2.78 bits per heavy atom. The number of hydrogen-bond acceptors (Lipinski definition) is 3. The van der Waals surface area contributed by atoms with Crippen LogP contribution in [0.5, 0.6) is 5.75 Å². The van der Waals surface area contributed by atoms with Crippen molar-refractivity contribution in [2.45, 2.75) is 31.9 Å². The van der Waals surface area contributed by atoms with Crippen molar-refractivity contribution in [1.82, 2.24) is 5.32 Å². The Hall–Kier alpha value is -1.13. The van der Waals surface area contributed by atoms with E-state index in [-0.39, 0.29) is 18.5 Å². The molecule has 1 atom stereocenters. The van der Waals surface area contributed by atoms with Crippen LogP contribution in [-0.2, 0) is 11.3 Å².